The molecule has 0 bridgehead atoms. The van der Waals surface area contributed by atoms with Gasteiger partial charge in [-0.25, -0.2) is 0 Å². The number of hydrogen-bond donors (Lipinski definition) is 0. The van der Waals surface area contributed by atoms with Crippen LogP contribution in [-0.2, 0) is 17.8 Å². The van der Waals surface area contributed by atoms with Crippen molar-refractivity contribution in [3.63, 3.8) is 0 Å². The van der Waals surface area contributed by atoms with E-state index in [1.807, 2.05) is 37.4 Å². The minimum atomic E-state index is 0.542. The van der Waals surface area contributed by atoms with Gasteiger partial charge in [0, 0.05) is 69.4 Å². The van der Waals surface area contributed by atoms with Crippen LogP contribution in [0.15, 0.2) is 84.3 Å². The van der Waals surface area contributed by atoms with E-state index < -0.39 is 0 Å². The van der Waals surface area contributed by atoms with Crippen LogP contribution in [0.3, 0.4) is 0 Å². The van der Waals surface area contributed by atoms with Crippen LogP contribution >= 0.6 is 0 Å². The average Bonchev–Trinajstić information content (AvgIpc) is 2.99. The van der Waals surface area contributed by atoms with Crippen molar-refractivity contribution in [2.75, 3.05) is 58.6 Å². The number of nitrogens with zero attached hydrogens (tertiary/aromatic N) is 4. The zero-order valence-corrected chi connectivity index (χ0v) is 24.9. The topological polar surface area (TPSA) is 50.3 Å². The van der Waals surface area contributed by atoms with E-state index in [-0.39, 0.29) is 0 Å². The molecule has 0 radical (unpaired) electrons. The molecule has 2 aliphatic heterocycles. The number of allylic oxidation sites excluding steroid dienone is 3. The fraction of sp³-hybridized carbons (Fsp3) is 0.382. The van der Waals surface area contributed by atoms with Crippen molar-refractivity contribution in [1.82, 2.24) is 14.8 Å². The third-order valence-corrected chi connectivity index (χ3v) is 7.75. The van der Waals surface area contributed by atoms with Crippen molar-refractivity contribution in [2.45, 2.75) is 33.4 Å². The van der Waals surface area contributed by atoms with Gasteiger partial charge in [-0.15, -0.1) is 0 Å². The van der Waals surface area contributed by atoms with E-state index in [0.29, 0.717) is 6.73 Å². The third kappa shape index (κ3) is 6.92. The standard InChI is InChI=1S/C34H42N4O3/c1-25(2)19-29(39-4)13-12-26(3)21-37-23-28-20-27(30-9-8-14-35-33(30)34(28)41-24-37)22-36-15-17-38(18-16-36)31-10-6-7-11-32(31)40-5/h6-14,20H,1,15-19,21-24H2,2-5H3/b26-12+,29-13+. The van der Waals surface area contributed by atoms with Gasteiger partial charge in [-0.2, -0.15) is 0 Å². The molecule has 0 unspecified atom stereocenters. The van der Waals surface area contributed by atoms with Crippen molar-refractivity contribution >= 4 is 16.6 Å². The van der Waals surface area contributed by atoms with Crippen molar-refractivity contribution in [1.29, 1.82) is 0 Å². The Bertz CT molecular complexity index is 1440. The van der Waals surface area contributed by atoms with Gasteiger partial charge in [0.15, 0.2) is 5.75 Å². The number of aromatic nitrogens is 1. The Morgan fingerprint density at radius 2 is 1.83 bits per heavy atom. The molecule has 0 N–H and O–H groups in total. The maximum atomic E-state index is 6.33. The number of pyridine rings is 1. The van der Waals surface area contributed by atoms with Gasteiger partial charge in [0.2, 0.25) is 0 Å². The SMILES string of the molecule is C=C(C)C/C(=C\C=C(/C)CN1COc2c(cc(CN3CCN(c4ccccc4OC)CC3)c3cccnc23)C1)OC. The lowest BCUT2D eigenvalue weighted by molar-refractivity contribution is 0.106. The maximum Gasteiger partial charge on any atom is 0.152 e. The van der Waals surface area contributed by atoms with Gasteiger partial charge in [0.05, 0.1) is 25.7 Å². The molecule has 0 spiro atoms. The van der Waals surface area contributed by atoms with E-state index in [4.69, 9.17) is 19.2 Å². The molecule has 216 valence electrons. The summed E-state index contributed by atoms with van der Waals surface area (Å²) in [5.74, 6) is 2.78. The zero-order valence-electron chi connectivity index (χ0n) is 24.9. The number of ether oxygens (including phenoxy) is 3. The van der Waals surface area contributed by atoms with Crippen LogP contribution in [0.25, 0.3) is 10.9 Å². The Morgan fingerprint density at radius 1 is 1.02 bits per heavy atom. The van der Waals surface area contributed by atoms with Crippen molar-refractivity contribution in [3.8, 4) is 11.5 Å². The molecule has 7 heteroatoms. The molecule has 7 nitrogen and oxygen atoms in total. The molecule has 1 saturated heterocycles. The van der Waals surface area contributed by atoms with Crippen LogP contribution in [0.4, 0.5) is 5.69 Å². The zero-order chi connectivity index (χ0) is 28.8. The minimum absolute atomic E-state index is 0.542. The maximum absolute atomic E-state index is 6.33. The molecule has 3 heterocycles. The molecule has 3 aromatic rings. The lowest BCUT2D eigenvalue weighted by atomic mass is 10.0. The van der Waals surface area contributed by atoms with Gasteiger partial charge in [0.25, 0.3) is 0 Å². The van der Waals surface area contributed by atoms with Gasteiger partial charge in [-0.05, 0) is 49.8 Å². The summed E-state index contributed by atoms with van der Waals surface area (Å²) < 4.78 is 17.4. The van der Waals surface area contributed by atoms with E-state index in [9.17, 15) is 0 Å². The third-order valence-electron chi connectivity index (χ3n) is 7.75. The second-order valence-electron chi connectivity index (χ2n) is 11.1. The molecule has 2 aliphatic rings. The molecule has 0 amide bonds. The first-order valence-electron chi connectivity index (χ1n) is 14.3. The highest BCUT2D eigenvalue weighted by molar-refractivity contribution is 5.89. The van der Waals surface area contributed by atoms with Crippen LogP contribution in [-0.4, -0.2) is 68.5 Å². The fourth-order valence-electron chi connectivity index (χ4n) is 5.72. The highest BCUT2D eigenvalue weighted by Gasteiger charge is 2.25. The summed E-state index contributed by atoms with van der Waals surface area (Å²) in [4.78, 5) is 12.1. The first-order chi connectivity index (χ1) is 19.9. The molecule has 0 atom stereocenters. The van der Waals surface area contributed by atoms with Crippen molar-refractivity contribution in [3.05, 3.63) is 95.4 Å². The highest BCUT2D eigenvalue weighted by Crippen LogP contribution is 2.36. The van der Waals surface area contributed by atoms with Gasteiger partial charge < -0.3 is 19.1 Å². The molecule has 0 aliphatic carbocycles. The Labute approximate surface area is 244 Å². The number of para-hydroxylation sites is 2. The Balaban J connectivity index is 1.29. The van der Waals surface area contributed by atoms with Crippen LogP contribution in [0.1, 0.15) is 31.4 Å². The summed E-state index contributed by atoms with van der Waals surface area (Å²) >= 11 is 0. The first kappa shape index (κ1) is 28.7. The van der Waals surface area contributed by atoms with Crippen LogP contribution in [0.2, 0.25) is 0 Å². The molecule has 41 heavy (non-hydrogen) atoms. The predicted molar refractivity (Wildman–Crippen MR) is 166 cm³/mol. The summed E-state index contributed by atoms with van der Waals surface area (Å²) in [6.45, 7) is 15.2. The Hall–Kier alpha value is -3.81. The number of hydrogen-bond acceptors (Lipinski definition) is 7. The largest absolute Gasteiger partial charge is 0.501 e. The lowest BCUT2D eigenvalue weighted by Gasteiger charge is -2.37. The number of rotatable bonds is 10. The monoisotopic (exact) mass is 554 g/mol. The van der Waals surface area contributed by atoms with E-state index >= 15 is 0 Å². The molecule has 2 aromatic carbocycles. The summed E-state index contributed by atoms with van der Waals surface area (Å²) in [7, 11) is 3.45. The average molecular weight is 555 g/mol. The molecular formula is C34H42N4O3. The summed E-state index contributed by atoms with van der Waals surface area (Å²) in [5.41, 5.74) is 6.98. The highest BCUT2D eigenvalue weighted by atomic mass is 16.5. The Morgan fingerprint density at radius 3 is 2.59 bits per heavy atom. The van der Waals surface area contributed by atoms with E-state index in [1.54, 1.807) is 14.2 Å². The van der Waals surface area contributed by atoms with E-state index in [2.05, 4.69) is 58.5 Å². The van der Waals surface area contributed by atoms with Crippen LogP contribution in [0, 0.1) is 0 Å². The summed E-state index contributed by atoms with van der Waals surface area (Å²) in [6, 6.07) is 14.8. The van der Waals surface area contributed by atoms with Crippen LogP contribution in [0.5, 0.6) is 11.5 Å². The second-order valence-corrected chi connectivity index (χ2v) is 11.1. The molecule has 0 saturated carbocycles. The number of piperazine rings is 1. The van der Waals surface area contributed by atoms with Crippen molar-refractivity contribution in [2.24, 2.45) is 0 Å². The second kappa shape index (κ2) is 13.2. The van der Waals surface area contributed by atoms with E-state index in [0.717, 1.165) is 80.6 Å². The van der Waals surface area contributed by atoms with Crippen LogP contribution < -0.4 is 14.4 Å². The Kier molecular flexibility index (Phi) is 9.27. The molecule has 1 fully saturated rings. The molecule has 1 aromatic heterocycles. The van der Waals surface area contributed by atoms with Gasteiger partial charge >= 0.3 is 0 Å². The lowest BCUT2D eigenvalue weighted by Crippen LogP contribution is -2.46. The molecular weight excluding hydrogens is 512 g/mol. The smallest absolute Gasteiger partial charge is 0.152 e. The molecule has 5 rings (SSSR count). The van der Waals surface area contributed by atoms with Gasteiger partial charge in [-0.3, -0.25) is 14.8 Å². The minimum Gasteiger partial charge on any atom is -0.501 e. The summed E-state index contributed by atoms with van der Waals surface area (Å²) in [6.07, 6.45) is 6.80. The first-order valence-corrected chi connectivity index (χ1v) is 14.3. The van der Waals surface area contributed by atoms with E-state index in [1.165, 1.54) is 27.8 Å². The number of anilines is 1. The fourth-order valence-corrected chi connectivity index (χ4v) is 5.72. The van der Waals surface area contributed by atoms with Crippen molar-refractivity contribution < 1.29 is 14.2 Å². The van der Waals surface area contributed by atoms with Gasteiger partial charge in [-0.1, -0.05) is 42.0 Å². The van der Waals surface area contributed by atoms with Gasteiger partial charge in [0.1, 0.15) is 18.0 Å². The number of fused-ring (bicyclic) bond motifs is 3. The predicted octanol–water partition coefficient (Wildman–Crippen LogP) is 6.16. The normalized spacial score (nSPS) is 16.8. The number of benzene rings is 2. The number of methoxy groups -OCH3 is 2. The summed E-state index contributed by atoms with van der Waals surface area (Å²) in [5, 5.41) is 1.18. The quantitative estimate of drug-likeness (QED) is 0.169.